The number of hydrogen-bond donors (Lipinski definition) is 0. The molecule has 0 bridgehead atoms. The predicted octanol–water partition coefficient (Wildman–Crippen LogP) is 4.52. The van der Waals surface area contributed by atoms with Crippen LogP contribution in [-0.2, 0) is 33.9 Å². The Morgan fingerprint density at radius 1 is 1.30 bits per heavy atom. The van der Waals surface area contributed by atoms with Gasteiger partial charge in [-0.25, -0.2) is 4.98 Å². The Kier molecular flexibility index (Phi) is 5.93. The summed E-state index contributed by atoms with van der Waals surface area (Å²) >= 11 is 7.32. The topological polar surface area (TPSA) is 101 Å². The van der Waals surface area contributed by atoms with Gasteiger partial charge in [0.25, 0.3) is 5.69 Å². The number of fused-ring (bicyclic) bond motifs is 1. The number of nitro groups is 1. The fourth-order valence-corrected chi connectivity index (χ4v) is 3.92. The maximum absolute atomic E-state index is 12.3. The summed E-state index contributed by atoms with van der Waals surface area (Å²) in [6.45, 7) is 0.0966. The van der Waals surface area contributed by atoms with Crippen molar-refractivity contribution < 1.29 is 23.9 Å². The lowest BCUT2D eigenvalue weighted by atomic mass is 10.1. The van der Waals surface area contributed by atoms with Crippen LogP contribution in [0.1, 0.15) is 16.8 Å². The summed E-state index contributed by atoms with van der Waals surface area (Å²) in [6, 6.07) is 10.0. The zero-order chi connectivity index (χ0) is 21.1. The van der Waals surface area contributed by atoms with Gasteiger partial charge in [-0.3, -0.25) is 14.9 Å². The number of carbonyl (C=O) groups excluding carboxylic acids is 1. The highest BCUT2D eigenvalue weighted by Gasteiger charge is 2.22. The molecule has 0 spiro atoms. The molecular weight excluding hydrogens is 432 g/mol. The van der Waals surface area contributed by atoms with Crippen molar-refractivity contribution in [3.05, 3.63) is 73.7 Å². The third-order valence-electron chi connectivity index (χ3n) is 4.34. The molecule has 0 radical (unpaired) electrons. The average molecular weight is 447 g/mol. The second-order valence-corrected chi connectivity index (χ2v) is 7.74. The van der Waals surface area contributed by atoms with Gasteiger partial charge in [-0.2, -0.15) is 0 Å². The molecule has 2 heterocycles. The Bertz CT molecular complexity index is 1100. The molecule has 8 nitrogen and oxygen atoms in total. The molecule has 2 aromatic carbocycles. The molecule has 1 aromatic heterocycles. The van der Waals surface area contributed by atoms with Gasteiger partial charge in [0, 0.05) is 39.2 Å². The van der Waals surface area contributed by atoms with Crippen LogP contribution in [0.5, 0.6) is 5.75 Å². The molecule has 30 heavy (non-hydrogen) atoms. The van der Waals surface area contributed by atoms with Crippen LogP contribution in [0.15, 0.2) is 41.8 Å². The van der Waals surface area contributed by atoms with Gasteiger partial charge in [-0.05, 0) is 12.1 Å². The quantitative estimate of drug-likeness (QED) is 0.311. The van der Waals surface area contributed by atoms with E-state index < -0.39 is 10.9 Å². The van der Waals surface area contributed by atoms with Crippen molar-refractivity contribution in [2.24, 2.45) is 0 Å². The molecule has 0 aliphatic carbocycles. The highest BCUT2D eigenvalue weighted by Crippen LogP contribution is 2.33. The van der Waals surface area contributed by atoms with E-state index in [1.54, 1.807) is 17.5 Å². The van der Waals surface area contributed by atoms with Crippen molar-refractivity contribution in [1.29, 1.82) is 0 Å². The summed E-state index contributed by atoms with van der Waals surface area (Å²) < 4.78 is 15.9. The number of esters is 1. The third kappa shape index (κ3) is 4.59. The molecule has 1 aliphatic heterocycles. The third-order valence-corrected chi connectivity index (χ3v) is 5.53. The zero-order valence-corrected chi connectivity index (χ0v) is 17.1. The van der Waals surface area contributed by atoms with Gasteiger partial charge in [-0.15, -0.1) is 11.3 Å². The van der Waals surface area contributed by atoms with Crippen LogP contribution < -0.4 is 4.74 Å². The van der Waals surface area contributed by atoms with Crippen LogP contribution in [0.2, 0.25) is 5.02 Å². The Balaban J connectivity index is 1.42. The number of carbonyl (C=O) groups is 1. The molecule has 0 unspecified atom stereocenters. The van der Waals surface area contributed by atoms with E-state index in [4.69, 9.17) is 25.8 Å². The van der Waals surface area contributed by atoms with Gasteiger partial charge in [0.1, 0.15) is 17.4 Å². The molecule has 0 atom stereocenters. The second-order valence-electron chi connectivity index (χ2n) is 6.45. The van der Waals surface area contributed by atoms with Gasteiger partial charge in [0.15, 0.2) is 6.79 Å². The van der Waals surface area contributed by atoms with Crippen molar-refractivity contribution in [1.82, 2.24) is 4.98 Å². The molecule has 10 heteroatoms. The minimum absolute atomic E-state index is 0.00875. The number of nitrogens with zero attached hydrogens (tertiary/aromatic N) is 2. The maximum Gasteiger partial charge on any atom is 0.312 e. The van der Waals surface area contributed by atoms with Crippen LogP contribution in [-0.4, -0.2) is 22.7 Å². The summed E-state index contributed by atoms with van der Waals surface area (Å²) in [4.78, 5) is 27.4. The highest BCUT2D eigenvalue weighted by molar-refractivity contribution is 7.13. The Morgan fingerprint density at radius 3 is 2.87 bits per heavy atom. The number of thiazole rings is 1. The lowest BCUT2D eigenvalue weighted by Gasteiger charge is -2.20. The number of rotatable bonds is 6. The lowest BCUT2D eigenvalue weighted by molar-refractivity contribution is -0.385. The summed E-state index contributed by atoms with van der Waals surface area (Å²) in [7, 11) is 0. The van der Waals surface area contributed by atoms with Crippen molar-refractivity contribution in [2.45, 2.75) is 19.6 Å². The summed E-state index contributed by atoms with van der Waals surface area (Å²) in [5.41, 5.74) is 2.36. The maximum atomic E-state index is 12.3. The molecule has 0 amide bonds. The monoisotopic (exact) mass is 446 g/mol. The van der Waals surface area contributed by atoms with Crippen LogP contribution in [0.3, 0.4) is 0 Å². The van der Waals surface area contributed by atoms with Crippen molar-refractivity contribution >= 4 is 34.6 Å². The van der Waals surface area contributed by atoms with E-state index in [-0.39, 0.29) is 32.1 Å². The number of nitro benzene ring substituents is 1. The van der Waals surface area contributed by atoms with E-state index in [9.17, 15) is 14.9 Å². The summed E-state index contributed by atoms with van der Waals surface area (Å²) in [5, 5.41) is 14.4. The molecule has 154 valence electrons. The van der Waals surface area contributed by atoms with E-state index in [1.165, 1.54) is 23.5 Å². The standard InChI is InChI=1S/C20H15ClN2O6S/c21-15-3-1-12(2-4-15)20-22-16(10-30-20)7-18(24)28-9-14-6-17(23(25)26)5-13-8-27-11-29-19(13)14/h1-6,10H,7-9,11H2. The SMILES string of the molecule is O=C(Cc1csc(-c2ccc(Cl)cc2)n1)OCc1cc([N+](=O)[O-])cc2c1OCOC2. The molecule has 0 saturated heterocycles. The fraction of sp³-hybridized carbons (Fsp3) is 0.200. The number of ether oxygens (including phenoxy) is 3. The second kappa shape index (κ2) is 8.78. The first-order valence-electron chi connectivity index (χ1n) is 8.86. The zero-order valence-electron chi connectivity index (χ0n) is 15.5. The van der Waals surface area contributed by atoms with Crippen LogP contribution in [0, 0.1) is 10.1 Å². The van der Waals surface area contributed by atoms with E-state index in [1.807, 2.05) is 12.1 Å². The number of benzene rings is 2. The number of hydrogen-bond acceptors (Lipinski definition) is 8. The normalized spacial score (nSPS) is 12.7. The highest BCUT2D eigenvalue weighted by atomic mass is 35.5. The van der Waals surface area contributed by atoms with Gasteiger partial charge >= 0.3 is 5.97 Å². The Morgan fingerprint density at radius 2 is 2.10 bits per heavy atom. The fourth-order valence-electron chi connectivity index (χ4n) is 2.96. The molecule has 3 aromatic rings. The van der Waals surface area contributed by atoms with Gasteiger partial charge < -0.3 is 14.2 Å². The predicted molar refractivity (Wildman–Crippen MR) is 109 cm³/mol. The summed E-state index contributed by atoms with van der Waals surface area (Å²) in [5.74, 6) is -0.0337. The Hall–Kier alpha value is -3.01. The molecular formula is C20H15ClN2O6S. The van der Waals surface area contributed by atoms with Gasteiger partial charge in [-0.1, -0.05) is 23.7 Å². The first-order chi connectivity index (χ1) is 14.5. The number of non-ortho nitro benzene ring substituents is 1. The van der Waals surface area contributed by atoms with Crippen LogP contribution >= 0.6 is 22.9 Å². The van der Waals surface area contributed by atoms with E-state index in [0.29, 0.717) is 27.6 Å². The van der Waals surface area contributed by atoms with Gasteiger partial charge in [0.05, 0.1) is 23.6 Å². The molecule has 1 aliphatic rings. The molecule has 0 fully saturated rings. The van der Waals surface area contributed by atoms with Crippen LogP contribution in [0.25, 0.3) is 10.6 Å². The minimum Gasteiger partial charge on any atom is -0.467 e. The first kappa shape index (κ1) is 20.3. The largest absolute Gasteiger partial charge is 0.467 e. The molecule has 0 saturated carbocycles. The van der Waals surface area contributed by atoms with Crippen LogP contribution in [0.4, 0.5) is 5.69 Å². The average Bonchev–Trinajstić information content (AvgIpc) is 3.20. The van der Waals surface area contributed by atoms with Crippen molar-refractivity contribution in [3.8, 4) is 16.3 Å². The van der Waals surface area contributed by atoms with E-state index in [2.05, 4.69) is 4.98 Å². The smallest absolute Gasteiger partial charge is 0.312 e. The Labute approximate surface area is 180 Å². The molecule has 0 N–H and O–H groups in total. The van der Waals surface area contributed by atoms with Crippen molar-refractivity contribution in [3.63, 3.8) is 0 Å². The number of halogens is 1. The van der Waals surface area contributed by atoms with E-state index >= 15 is 0 Å². The van der Waals surface area contributed by atoms with E-state index in [0.717, 1.165) is 10.6 Å². The molecule has 4 rings (SSSR count). The number of aromatic nitrogens is 1. The first-order valence-corrected chi connectivity index (χ1v) is 10.1. The lowest BCUT2D eigenvalue weighted by Crippen LogP contribution is -2.15. The van der Waals surface area contributed by atoms with Gasteiger partial charge in [0.2, 0.25) is 0 Å². The minimum atomic E-state index is -0.506. The summed E-state index contributed by atoms with van der Waals surface area (Å²) in [6.07, 6.45) is -0.00875. The van der Waals surface area contributed by atoms with Crippen molar-refractivity contribution in [2.75, 3.05) is 6.79 Å².